The van der Waals surface area contributed by atoms with Gasteiger partial charge in [-0.25, -0.2) is 4.98 Å². The highest BCUT2D eigenvalue weighted by molar-refractivity contribution is 9.10. The molecule has 1 heterocycles. The molecule has 0 amide bonds. The standard InChI is InChI=1S/C11H18BrN3O/c1-3-5-13-6-4-7-15-9(2)14-8-10(12)11(15)16/h8,13H,3-7H2,1-2H3. The Labute approximate surface area is 104 Å². The Bertz CT molecular complexity index is 389. The Balaban J connectivity index is 2.54. The van der Waals surface area contributed by atoms with Gasteiger partial charge in [-0.3, -0.25) is 9.36 Å². The smallest absolute Gasteiger partial charge is 0.267 e. The van der Waals surface area contributed by atoms with Gasteiger partial charge in [-0.05, 0) is 48.8 Å². The predicted molar refractivity (Wildman–Crippen MR) is 68.7 cm³/mol. The van der Waals surface area contributed by atoms with Crippen LogP contribution in [0.3, 0.4) is 0 Å². The maximum Gasteiger partial charge on any atom is 0.267 e. The normalized spacial score (nSPS) is 10.7. The SMILES string of the molecule is CCCNCCCn1c(C)ncc(Br)c1=O. The van der Waals surface area contributed by atoms with Crippen LogP contribution in [0.25, 0.3) is 0 Å². The van der Waals surface area contributed by atoms with Crippen molar-refractivity contribution in [3.8, 4) is 0 Å². The summed E-state index contributed by atoms with van der Waals surface area (Å²) >= 11 is 3.20. The second-order valence-corrected chi connectivity index (χ2v) is 4.57. The maximum atomic E-state index is 11.8. The molecule has 0 spiro atoms. The van der Waals surface area contributed by atoms with Crippen LogP contribution in [0.2, 0.25) is 0 Å². The third-order valence-electron chi connectivity index (χ3n) is 2.37. The quantitative estimate of drug-likeness (QED) is 0.811. The van der Waals surface area contributed by atoms with Crippen LogP contribution < -0.4 is 10.9 Å². The highest BCUT2D eigenvalue weighted by Crippen LogP contribution is 2.01. The molecule has 4 nitrogen and oxygen atoms in total. The number of aryl methyl sites for hydroxylation is 1. The van der Waals surface area contributed by atoms with Gasteiger partial charge in [-0.2, -0.15) is 0 Å². The highest BCUT2D eigenvalue weighted by Gasteiger charge is 2.04. The van der Waals surface area contributed by atoms with Crippen molar-refractivity contribution in [3.05, 3.63) is 26.8 Å². The van der Waals surface area contributed by atoms with Crippen molar-refractivity contribution in [1.29, 1.82) is 0 Å². The number of nitrogens with zero attached hydrogens (tertiary/aromatic N) is 2. The van der Waals surface area contributed by atoms with E-state index in [-0.39, 0.29) is 5.56 Å². The van der Waals surface area contributed by atoms with E-state index >= 15 is 0 Å². The fourth-order valence-corrected chi connectivity index (χ4v) is 1.79. The van der Waals surface area contributed by atoms with Crippen molar-refractivity contribution in [3.63, 3.8) is 0 Å². The molecule has 0 radical (unpaired) electrons. The summed E-state index contributed by atoms with van der Waals surface area (Å²) in [5, 5.41) is 3.31. The zero-order valence-electron chi connectivity index (χ0n) is 9.79. The summed E-state index contributed by atoms with van der Waals surface area (Å²) in [5.41, 5.74) is 0.00277. The Morgan fingerprint density at radius 3 is 2.94 bits per heavy atom. The molecule has 90 valence electrons. The Hall–Kier alpha value is -0.680. The molecule has 0 saturated heterocycles. The summed E-state index contributed by atoms with van der Waals surface area (Å²) < 4.78 is 2.23. The first-order chi connectivity index (χ1) is 7.66. The van der Waals surface area contributed by atoms with Gasteiger partial charge in [0.15, 0.2) is 0 Å². The van der Waals surface area contributed by atoms with Gasteiger partial charge in [0, 0.05) is 12.7 Å². The number of nitrogens with one attached hydrogen (secondary N) is 1. The van der Waals surface area contributed by atoms with Crippen LogP contribution in [0.1, 0.15) is 25.6 Å². The van der Waals surface area contributed by atoms with E-state index in [1.54, 1.807) is 10.8 Å². The second-order valence-electron chi connectivity index (χ2n) is 3.71. The molecule has 0 aromatic carbocycles. The molecular weight excluding hydrogens is 270 g/mol. The van der Waals surface area contributed by atoms with E-state index < -0.39 is 0 Å². The lowest BCUT2D eigenvalue weighted by atomic mass is 10.3. The largest absolute Gasteiger partial charge is 0.317 e. The number of rotatable bonds is 6. The van der Waals surface area contributed by atoms with E-state index in [2.05, 4.69) is 33.2 Å². The predicted octanol–water partition coefficient (Wildman–Crippen LogP) is 1.70. The molecule has 0 bridgehead atoms. The molecule has 0 unspecified atom stereocenters. The molecule has 0 aliphatic carbocycles. The van der Waals surface area contributed by atoms with Gasteiger partial charge in [0.25, 0.3) is 5.56 Å². The van der Waals surface area contributed by atoms with Gasteiger partial charge < -0.3 is 5.32 Å². The van der Waals surface area contributed by atoms with Gasteiger partial charge in [0.2, 0.25) is 0 Å². The number of halogens is 1. The average Bonchev–Trinajstić information content (AvgIpc) is 2.28. The first-order valence-corrected chi connectivity index (χ1v) is 6.38. The first kappa shape index (κ1) is 13.4. The molecule has 1 aromatic rings. The Kier molecular flexibility index (Phi) is 5.69. The molecule has 1 aromatic heterocycles. The molecule has 1 rings (SSSR count). The van der Waals surface area contributed by atoms with E-state index in [4.69, 9.17) is 0 Å². The second kappa shape index (κ2) is 6.81. The van der Waals surface area contributed by atoms with Gasteiger partial charge in [0.1, 0.15) is 10.3 Å². The first-order valence-electron chi connectivity index (χ1n) is 5.59. The topological polar surface area (TPSA) is 46.9 Å². The fourth-order valence-electron chi connectivity index (χ4n) is 1.48. The third-order valence-corrected chi connectivity index (χ3v) is 2.91. The van der Waals surface area contributed by atoms with Crippen LogP contribution >= 0.6 is 15.9 Å². The zero-order chi connectivity index (χ0) is 12.0. The summed E-state index contributed by atoms with van der Waals surface area (Å²) in [4.78, 5) is 15.9. The minimum Gasteiger partial charge on any atom is -0.317 e. The van der Waals surface area contributed by atoms with Crippen molar-refractivity contribution in [2.45, 2.75) is 33.2 Å². The molecule has 0 aliphatic heterocycles. The molecule has 0 aliphatic rings. The molecule has 5 heteroatoms. The van der Waals surface area contributed by atoms with Crippen molar-refractivity contribution < 1.29 is 0 Å². The monoisotopic (exact) mass is 287 g/mol. The minimum atomic E-state index is 0.00277. The number of hydrogen-bond acceptors (Lipinski definition) is 3. The van der Waals surface area contributed by atoms with E-state index in [1.165, 1.54) is 0 Å². The van der Waals surface area contributed by atoms with E-state index in [0.29, 0.717) is 11.0 Å². The van der Waals surface area contributed by atoms with Crippen LogP contribution in [0.15, 0.2) is 15.5 Å². The summed E-state index contributed by atoms with van der Waals surface area (Å²) in [6.07, 6.45) is 3.64. The van der Waals surface area contributed by atoms with Gasteiger partial charge >= 0.3 is 0 Å². The van der Waals surface area contributed by atoms with E-state index in [0.717, 1.165) is 31.8 Å². The van der Waals surface area contributed by atoms with Crippen LogP contribution in [0.4, 0.5) is 0 Å². The molecular formula is C11H18BrN3O. The van der Waals surface area contributed by atoms with E-state index in [9.17, 15) is 4.79 Å². The maximum absolute atomic E-state index is 11.8. The number of aromatic nitrogens is 2. The van der Waals surface area contributed by atoms with Gasteiger partial charge in [0.05, 0.1) is 0 Å². The molecule has 0 atom stereocenters. The highest BCUT2D eigenvalue weighted by atomic mass is 79.9. The van der Waals surface area contributed by atoms with Crippen molar-refractivity contribution in [2.24, 2.45) is 0 Å². The van der Waals surface area contributed by atoms with Crippen molar-refractivity contribution in [2.75, 3.05) is 13.1 Å². The zero-order valence-corrected chi connectivity index (χ0v) is 11.4. The van der Waals surface area contributed by atoms with Gasteiger partial charge in [-0.15, -0.1) is 0 Å². The molecule has 16 heavy (non-hydrogen) atoms. The fraction of sp³-hybridized carbons (Fsp3) is 0.636. The lowest BCUT2D eigenvalue weighted by Gasteiger charge is -2.09. The summed E-state index contributed by atoms with van der Waals surface area (Å²) in [7, 11) is 0. The molecule has 0 saturated carbocycles. The van der Waals surface area contributed by atoms with Crippen molar-refractivity contribution >= 4 is 15.9 Å². The summed E-state index contributed by atoms with van der Waals surface area (Å²) in [5.74, 6) is 0.767. The van der Waals surface area contributed by atoms with E-state index in [1.807, 2.05) is 6.92 Å². The average molecular weight is 288 g/mol. The third kappa shape index (κ3) is 3.72. The Morgan fingerprint density at radius 1 is 1.50 bits per heavy atom. The lowest BCUT2D eigenvalue weighted by Crippen LogP contribution is -2.26. The summed E-state index contributed by atoms with van der Waals surface area (Å²) in [6, 6.07) is 0. The van der Waals surface area contributed by atoms with Crippen LogP contribution in [-0.2, 0) is 6.54 Å². The van der Waals surface area contributed by atoms with Crippen LogP contribution in [-0.4, -0.2) is 22.6 Å². The van der Waals surface area contributed by atoms with Crippen LogP contribution in [0, 0.1) is 6.92 Å². The lowest BCUT2D eigenvalue weighted by molar-refractivity contribution is 0.551. The Morgan fingerprint density at radius 2 is 2.25 bits per heavy atom. The molecule has 1 N–H and O–H groups in total. The molecule has 0 fully saturated rings. The summed E-state index contributed by atoms with van der Waals surface area (Å²) in [6.45, 7) is 6.68. The van der Waals surface area contributed by atoms with Crippen LogP contribution in [0.5, 0.6) is 0 Å². The van der Waals surface area contributed by atoms with Gasteiger partial charge in [-0.1, -0.05) is 6.92 Å². The number of hydrogen-bond donors (Lipinski definition) is 1. The van der Waals surface area contributed by atoms with Crippen molar-refractivity contribution in [1.82, 2.24) is 14.9 Å². The minimum absolute atomic E-state index is 0.00277.